The van der Waals surface area contributed by atoms with Crippen molar-refractivity contribution in [3.05, 3.63) is 54.9 Å². The summed E-state index contributed by atoms with van der Waals surface area (Å²) in [5, 5.41) is 6.33. The molecule has 0 aliphatic rings. The Morgan fingerprint density at radius 3 is 2.31 bits per heavy atom. The second-order valence-corrected chi connectivity index (χ2v) is 5.47. The average Bonchev–Trinajstić information content (AvgIpc) is 3.04. The van der Waals surface area contributed by atoms with Gasteiger partial charge in [0.25, 0.3) is 5.24 Å². The van der Waals surface area contributed by atoms with Crippen molar-refractivity contribution in [2.24, 2.45) is 0 Å². The number of nitrogens with zero attached hydrogens (tertiary/aromatic N) is 3. The first-order valence-corrected chi connectivity index (χ1v) is 7.63. The fourth-order valence-corrected chi connectivity index (χ4v) is 2.28. The number of benzene rings is 2. The molecule has 0 spiro atoms. The van der Waals surface area contributed by atoms with E-state index in [1.165, 1.54) is 35.3 Å². The second kappa shape index (κ2) is 7.08. The zero-order valence-electron chi connectivity index (χ0n) is 12.9. The van der Waals surface area contributed by atoms with Crippen LogP contribution in [-0.2, 0) is 0 Å². The molecule has 10 heteroatoms. The largest absolute Gasteiger partial charge is 0.573 e. The number of halogens is 3. The summed E-state index contributed by atoms with van der Waals surface area (Å²) in [6.45, 7) is 0. The van der Waals surface area contributed by atoms with Gasteiger partial charge in [-0.15, -0.1) is 18.3 Å². The number of carbonyl (C=O) groups is 1. The lowest BCUT2D eigenvalue weighted by Crippen LogP contribution is -2.17. The molecule has 1 N–H and O–H groups in total. The van der Waals surface area contributed by atoms with Crippen molar-refractivity contribution in [3.8, 4) is 22.8 Å². The van der Waals surface area contributed by atoms with Crippen LogP contribution in [0.2, 0.25) is 0 Å². The minimum atomic E-state index is -4.74. The summed E-state index contributed by atoms with van der Waals surface area (Å²) in [6.07, 6.45) is -3.29. The number of amides is 1. The molecule has 0 unspecified atom stereocenters. The van der Waals surface area contributed by atoms with E-state index >= 15 is 0 Å². The summed E-state index contributed by atoms with van der Waals surface area (Å²) in [5.74, 6) is 0.104. The Balaban J connectivity index is 1.76. The number of aromatic nitrogens is 3. The number of hydrogen-bond acceptors (Lipinski definition) is 4. The highest BCUT2D eigenvalue weighted by Gasteiger charge is 2.30. The zero-order valence-corrected chi connectivity index (χ0v) is 13.8. The van der Waals surface area contributed by atoms with Gasteiger partial charge in [-0.1, -0.05) is 12.6 Å². The molecule has 2 aromatic carbocycles. The van der Waals surface area contributed by atoms with Gasteiger partial charge in [0.2, 0.25) is 0 Å². The van der Waals surface area contributed by atoms with Crippen LogP contribution < -0.4 is 10.1 Å². The first kappa shape index (κ1) is 17.8. The average molecular weight is 380 g/mol. The topological polar surface area (TPSA) is 69.0 Å². The SMILES string of the molecule is O=C(S)Nc1ccc(-c2ncn(-c3ccc(OC(F)(F)F)cc3)n2)cc1. The molecule has 0 atom stereocenters. The van der Waals surface area contributed by atoms with Crippen molar-refractivity contribution in [1.82, 2.24) is 14.8 Å². The van der Waals surface area contributed by atoms with Crippen molar-refractivity contribution in [3.63, 3.8) is 0 Å². The van der Waals surface area contributed by atoms with Gasteiger partial charge in [-0.05, 0) is 48.5 Å². The molecule has 6 nitrogen and oxygen atoms in total. The van der Waals surface area contributed by atoms with E-state index < -0.39 is 11.6 Å². The smallest absolute Gasteiger partial charge is 0.406 e. The van der Waals surface area contributed by atoms with Crippen LogP contribution in [0.3, 0.4) is 0 Å². The van der Waals surface area contributed by atoms with Crippen LogP contribution in [0.5, 0.6) is 5.75 Å². The molecule has 0 fully saturated rings. The summed E-state index contributed by atoms with van der Waals surface area (Å²) in [7, 11) is 0. The number of ether oxygens (including phenoxy) is 1. The first-order valence-electron chi connectivity index (χ1n) is 7.18. The molecule has 0 saturated carbocycles. The predicted octanol–water partition coefficient (Wildman–Crippen LogP) is 4.29. The van der Waals surface area contributed by atoms with Gasteiger partial charge in [0, 0.05) is 11.3 Å². The molecule has 0 bridgehead atoms. The van der Waals surface area contributed by atoms with E-state index in [4.69, 9.17) is 0 Å². The van der Waals surface area contributed by atoms with Crippen LogP contribution in [0.15, 0.2) is 54.9 Å². The lowest BCUT2D eigenvalue weighted by atomic mass is 10.2. The van der Waals surface area contributed by atoms with Crippen LogP contribution in [0, 0.1) is 0 Å². The number of carbonyl (C=O) groups excluding carboxylic acids is 1. The molecule has 3 rings (SSSR count). The van der Waals surface area contributed by atoms with Crippen LogP contribution in [0.25, 0.3) is 17.1 Å². The quantitative estimate of drug-likeness (QED) is 0.663. The van der Waals surface area contributed by atoms with E-state index in [2.05, 4.69) is 32.8 Å². The molecule has 0 aliphatic heterocycles. The number of nitrogens with one attached hydrogen (secondary N) is 1. The van der Waals surface area contributed by atoms with Crippen molar-refractivity contribution >= 4 is 23.6 Å². The molecular formula is C16H11F3N4O2S. The maximum atomic E-state index is 12.2. The molecule has 0 saturated heterocycles. The van der Waals surface area contributed by atoms with Gasteiger partial charge in [0.15, 0.2) is 5.82 Å². The van der Waals surface area contributed by atoms with E-state index in [0.29, 0.717) is 22.8 Å². The molecule has 0 aliphatic carbocycles. The van der Waals surface area contributed by atoms with Gasteiger partial charge in [0.1, 0.15) is 12.1 Å². The third-order valence-electron chi connectivity index (χ3n) is 3.22. The van der Waals surface area contributed by atoms with Gasteiger partial charge in [0.05, 0.1) is 5.69 Å². The lowest BCUT2D eigenvalue weighted by Gasteiger charge is -2.09. The Labute approximate surface area is 151 Å². The highest BCUT2D eigenvalue weighted by atomic mass is 32.1. The molecule has 0 radical (unpaired) electrons. The van der Waals surface area contributed by atoms with Crippen molar-refractivity contribution in [1.29, 1.82) is 0 Å². The Morgan fingerprint density at radius 1 is 1.08 bits per heavy atom. The molecule has 134 valence electrons. The zero-order chi connectivity index (χ0) is 18.7. The van der Waals surface area contributed by atoms with Gasteiger partial charge < -0.3 is 10.1 Å². The van der Waals surface area contributed by atoms with Gasteiger partial charge in [-0.2, -0.15) is 0 Å². The van der Waals surface area contributed by atoms with E-state index in [9.17, 15) is 18.0 Å². The summed E-state index contributed by atoms with van der Waals surface area (Å²) < 4.78 is 41.8. The Bertz CT molecular complexity index is 908. The number of alkyl halides is 3. The summed E-state index contributed by atoms with van der Waals surface area (Å²) in [4.78, 5) is 15.1. The first-order chi connectivity index (χ1) is 12.3. The Kier molecular flexibility index (Phi) is 4.85. The molecule has 1 amide bonds. The fraction of sp³-hybridized carbons (Fsp3) is 0.0625. The fourth-order valence-electron chi connectivity index (χ4n) is 2.15. The molecule has 1 heterocycles. The van der Waals surface area contributed by atoms with E-state index in [1.807, 2.05) is 0 Å². The Hall–Kier alpha value is -3.01. The maximum Gasteiger partial charge on any atom is 0.573 e. The van der Waals surface area contributed by atoms with E-state index in [1.54, 1.807) is 24.3 Å². The van der Waals surface area contributed by atoms with Crippen molar-refractivity contribution in [2.75, 3.05) is 5.32 Å². The van der Waals surface area contributed by atoms with Gasteiger partial charge in [-0.25, -0.2) is 9.67 Å². The summed E-state index contributed by atoms with van der Waals surface area (Å²) in [6, 6.07) is 12.0. The number of rotatable bonds is 4. The maximum absolute atomic E-state index is 12.2. The monoisotopic (exact) mass is 380 g/mol. The standard InChI is InChI=1S/C16H11F3N4O2S/c17-16(18,19)25-13-7-5-12(6-8-13)23-9-20-14(22-23)10-1-3-11(4-2-10)21-15(24)26/h1-9H,(H2,21,24,26). The van der Waals surface area contributed by atoms with Crippen LogP contribution >= 0.6 is 12.6 Å². The molecular weight excluding hydrogens is 369 g/mol. The van der Waals surface area contributed by atoms with E-state index in [0.717, 1.165) is 0 Å². The Morgan fingerprint density at radius 2 is 1.73 bits per heavy atom. The van der Waals surface area contributed by atoms with E-state index in [-0.39, 0.29) is 5.75 Å². The predicted molar refractivity (Wildman–Crippen MR) is 91.5 cm³/mol. The molecule has 1 aromatic heterocycles. The second-order valence-electron chi connectivity index (χ2n) is 5.06. The van der Waals surface area contributed by atoms with Crippen LogP contribution in [0.1, 0.15) is 0 Å². The van der Waals surface area contributed by atoms with Crippen molar-refractivity contribution in [2.45, 2.75) is 6.36 Å². The minimum absolute atomic E-state index is 0.316. The van der Waals surface area contributed by atoms with Crippen molar-refractivity contribution < 1.29 is 22.7 Å². The third kappa shape index (κ3) is 4.54. The lowest BCUT2D eigenvalue weighted by molar-refractivity contribution is -0.274. The number of anilines is 1. The molecule has 26 heavy (non-hydrogen) atoms. The van der Waals surface area contributed by atoms with Gasteiger partial charge in [-0.3, -0.25) is 4.79 Å². The normalized spacial score (nSPS) is 11.2. The highest BCUT2D eigenvalue weighted by Crippen LogP contribution is 2.24. The van der Waals surface area contributed by atoms with Crippen LogP contribution in [0.4, 0.5) is 23.7 Å². The van der Waals surface area contributed by atoms with Gasteiger partial charge >= 0.3 is 6.36 Å². The molecule has 3 aromatic rings. The number of thiol groups is 1. The summed E-state index contributed by atoms with van der Waals surface area (Å²) >= 11 is 3.63. The van der Waals surface area contributed by atoms with Crippen LogP contribution in [-0.4, -0.2) is 26.4 Å². The number of hydrogen-bond donors (Lipinski definition) is 2. The summed E-state index contributed by atoms with van der Waals surface area (Å²) in [5.41, 5.74) is 1.81. The highest BCUT2D eigenvalue weighted by molar-refractivity contribution is 7.96. The third-order valence-corrected chi connectivity index (χ3v) is 3.33. The minimum Gasteiger partial charge on any atom is -0.406 e.